The molecule has 1 aromatic carbocycles. The first-order valence-corrected chi connectivity index (χ1v) is 9.10. The Hall–Kier alpha value is -2.94. The molecule has 140 valence electrons. The minimum absolute atomic E-state index is 0.165. The van der Waals surface area contributed by atoms with E-state index in [-0.39, 0.29) is 18.1 Å². The molecule has 0 spiro atoms. The Morgan fingerprint density at radius 1 is 1.26 bits per heavy atom. The third-order valence-corrected chi connectivity index (χ3v) is 4.71. The van der Waals surface area contributed by atoms with Gasteiger partial charge in [-0.15, -0.1) is 0 Å². The molecule has 1 amide bonds. The lowest BCUT2D eigenvalue weighted by Crippen LogP contribution is -2.30. The summed E-state index contributed by atoms with van der Waals surface area (Å²) in [5, 5.41) is 11.7. The number of anilines is 1. The first-order valence-electron chi connectivity index (χ1n) is 8.73. The minimum Gasteiger partial charge on any atom is -0.323 e. The van der Waals surface area contributed by atoms with Gasteiger partial charge in [0.1, 0.15) is 25.0 Å². The number of carbonyl (C=O) groups excluding carboxylic acids is 1. The maximum absolute atomic E-state index is 12.5. The molecule has 0 saturated carbocycles. The van der Waals surface area contributed by atoms with Crippen LogP contribution in [0, 0.1) is 0 Å². The van der Waals surface area contributed by atoms with Crippen LogP contribution in [0.25, 0.3) is 5.69 Å². The molecule has 0 radical (unpaired) electrons. The predicted octanol–water partition coefficient (Wildman–Crippen LogP) is 1.64. The number of amides is 1. The van der Waals surface area contributed by atoms with E-state index in [1.54, 1.807) is 22.8 Å². The van der Waals surface area contributed by atoms with Crippen LogP contribution in [-0.2, 0) is 24.3 Å². The van der Waals surface area contributed by atoms with Crippen molar-refractivity contribution in [2.24, 2.45) is 0 Å². The van der Waals surface area contributed by atoms with E-state index >= 15 is 0 Å². The number of nitrogens with zero attached hydrogens (tertiary/aromatic N) is 6. The van der Waals surface area contributed by atoms with Crippen molar-refractivity contribution < 1.29 is 4.79 Å². The van der Waals surface area contributed by atoms with Crippen molar-refractivity contribution >= 4 is 23.2 Å². The summed E-state index contributed by atoms with van der Waals surface area (Å²) in [4.78, 5) is 29.0. The lowest BCUT2D eigenvalue weighted by molar-refractivity contribution is -0.117. The van der Waals surface area contributed by atoms with Gasteiger partial charge < -0.3 is 5.32 Å². The van der Waals surface area contributed by atoms with Gasteiger partial charge in [-0.3, -0.25) is 9.36 Å². The number of halogens is 1. The smallest absolute Gasteiger partial charge is 0.323 e. The molecule has 3 aromatic rings. The summed E-state index contributed by atoms with van der Waals surface area (Å²) in [6, 6.07) is 5.06. The third-order valence-electron chi connectivity index (χ3n) is 4.47. The zero-order valence-corrected chi connectivity index (χ0v) is 15.3. The monoisotopic (exact) mass is 387 g/mol. The topological polar surface area (TPSA) is 99.6 Å². The number of nitrogens with one attached hydrogen (secondary N) is 1. The van der Waals surface area contributed by atoms with Gasteiger partial charge in [0.05, 0.1) is 11.4 Å². The minimum atomic E-state index is -0.367. The maximum Gasteiger partial charge on any atom is 0.346 e. The number of fused-ring (bicyclic) bond motifs is 1. The molecule has 1 N–H and O–H groups in total. The average Bonchev–Trinajstić information content (AvgIpc) is 3.18. The van der Waals surface area contributed by atoms with E-state index in [1.165, 1.54) is 22.0 Å². The summed E-state index contributed by atoms with van der Waals surface area (Å²) < 4.78 is 4.41. The SMILES string of the molecule is O=C(Cn1nc2n(c1=O)CCCCC2)Nc1cc(Cl)ccc1-n1cncn1. The molecule has 0 bridgehead atoms. The van der Waals surface area contributed by atoms with Gasteiger partial charge in [0.25, 0.3) is 0 Å². The van der Waals surface area contributed by atoms with Crippen molar-refractivity contribution in [2.75, 3.05) is 5.32 Å². The molecular formula is C17H18ClN7O2. The van der Waals surface area contributed by atoms with E-state index < -0.39 is 0 Å². The fourth-order valence-corrected chi connectivity index (χ4v) is 3.37. The van der Waals surface area contributed by atoms with Crippen LogP contribution in [-0.4, -0.2) is 35.0 Å². The van der Waals surface area contributed by atoms with Gasteiger partial charge in [-0.1, -0.05) is 18.0 Å². The fraction of sp³-hybridized carbons (Fsp3) is 0.353. The van der Waals surface area contributed by atoms with E-state index in [2.05, 4.69) is 20.5 Å². The molecule has 4 rings (SSSR count). The highest BCUT2D eigenvalue weighted by atomic mass is 35.5. The highest BCUT2D eigenvalue weighted by Gasteiger charge is 2.18. The van der Waals surface area contributed by atoms with Gasteiger partial charge in [0.15, 0.2) is 0 Å². The van der Waals surface area contributed by atoms with E-state index in [0.29, 0.717) is 22.9 Å². The molecule has 1 aliphatic rings. The predicted molar refractivity (Wildman–Crippen MR) is 99.0 cm³/mol. The zero-order chi connectivity index (χ0) is 18.8. The number of hydrogen-bond acceptors (Lipinski definition) is 5. The molecule has 0 saturated heterocycles. The Bertz CT molecular complexity index is 1020. The Morgan fingerprint density at radius 3 is 2.96 bits per heavy atom. The molecule has 9 nitrogen and oxygen atoms in total. The van der Waals surface area contributed by atoms with Gasteiger partial charge >= 0.3 is 5.69 Å². The number of aromatic nitrogens is 6. The second kappa shape index (κ2) is 7.36. The molecule has 0 aliphatic carbocycles. The molecule has 3 heterocycles. The molecule has 0 unspecified atom stereocenters. The van der Waals surface area contributed by atoms with Gasteiger partial charge in [-0.2, -0.15) is 10.2 Å². The first kappa shape index (κ1) is 17.5. The number of rotatable bonds is 4. The second-order valence-electron chi connectivity index (χ2n) is 6.37. The van der Waals surface area contributed by atoms with Crippen molar-refractivity contribution in [1.82, 2.24) is 29.1 Å². The molecule has 0 atom stereocenters. The van der Waals surface area contributed by atoms with Crippen LogP contribution < -0.4 is 11.0 Å². The summed E-state index contributed by atoms with van der Waals surface area (Å²) in [7, 11) is 0. The fourth-order valence-electron chi connectivity index (χ4n) is 3.19. The Morgan fingerprint density at radius 2 is 2.15 bits per heavy atom. The summed E-state index contributed by atoms with van der Waals surface area (Å²) in [6.07, 6.45) is 6.73. The summed E-state index contributed by atoms with van der Waals surface area (Å²) >= 11 is 6.06. The standard InChI is InChI=1S/C17H18ClN7O2/c18-12-5-6-14(25-11-19-10-20-25)13(8-12)21-16(26)9-24-17(27)23-7-3-1-2-4-15(23)22-24/h5-6,8,10-11H,1-4,7,9H2,(H,21,26). The van der Waals surface area contributed by atoms with E-state index in [0.717, 1.165) is 31.5 Å². The lowest BCUT2D eigenvalue weighted by atomic mass is 10.2. The third kappa shape index (κ3) is 3.63. The summed E-state index contributed by atoms with van der Waals surface area (Å²) in [5.74, 6) is 0.380. The number of hydrogen-bond donors (Lipinski definition) is 1. The largest absolute Gasteiger partial charge is 0.346 e. The summed E-state index contributed by atoms with van der Waals surface area (Å²) in [5.41, 5.74) is 0.856. The maximum atomic E-state index is 12.5. The zero-order valence-electron chi connectivity index (χ0n) is 14.5. The van der Waals surface area contributed by atoms with E-state index in [4.69, 9.17) is 11.6 Å². The normalized spacial score (nSPS) is 13.8. The van der Waals surface area contributed by atoms with Crippen LogP contribution in [0.3, 0.4) is 0 Å². The van der Waals surface area contributed by atoms with Gasteiger partial charge in [0, 0.05) is 18.0 Å². The Labute approximate surface area is 159 Å². The molecule has 0 fully saturated rings. The molecule has 27 heavy (non-hydrogen) atoms. The Balaban J connectivity index is 1.56. The Kier molecular flexibility index (Phi) is 4.76. The lowest BCUT2D eigenvalue weighted by Gasteiger charge is -2.11. The van der Waals surface area contributed by atoms with Crippen molar-refractivity contribution in [3.8, 4) is 5.69 Å². The van der Waals surface area contributed by atoms with Crippen LogP contribution in [0.1, 0.15) is 25.1 Å². The summed E-state index contributed by atoms with van der Waals surface area (Å²) in [6.45, 7) is 0.489. The highest BCUT2D eigenvalue weighted by Crippen LogP contribution is 2.24. The van der Waals surface area contributed by atoms with Gasteiger partial charge in [-0.05, 0) is 31.0 Å². The van der Waals surface area contributed by atoms with Crippen molar-refractivity contribution in [3.63, 3.8) is 0 Å². The molecule has 2 aromatic heterocycles. The second-order valence-corrected chi connectivity index (χ2v) is 6.80. The van der Waals surface area contributed by atoms with E-state index in [9.17, 15) is 9.59 Å². The molecular weight excluding hydrogens is 370 g/mol. The van der Waals surface area contributed by atoms with Gasteiger partial charge in [-0.25, -0.2) is 19.1 Å². The molecule has 10 heteroatoms. The quantitative estimate of drug-likeness (QED) is 0.733. The van der Waals surface area contributed by atoms with Crippen LogP contribution in [0.15, 0.2) is 35.6 Å². The average molecular weight is 388 g/mol. The molecule has 1 aliphatic heterocycles. The van der Waals surface area contributed by atoms with Crippen LogP contribution in [0.4, 0.5) is 5.69 Å². The number of benzene rings is 1. The van der Waals surface area contributed by atoms with Crippen LogP contribution >= 0.6 is 11.6 Å². The van der Waals surface area contributed by atoms with Crippen LogP contribution in [0.2, 0.25) is 5.02 Å². The number of carbonyl (C=O) groups is 1. The van der Waals surface area contributed by atoms with Crippen molar-refractivity contribution in [2.45, 2.75) is 38.8 Å². The number of aryl methyl sites for hydroxylation is 1. The van der Waals surface area contributed by atoms with Gasteiger partial charge in [0.2, 0.25) is 5.91 Å². The first-order chi connectivity index (χ1) is 13.1. The van der Waals surface area contributed by atoms with Crippen molar-refractivity contribution in [1.29, 1.82) is 0 Å². The highest BCUT2D eigenvalue weighted by molar-refractivity contribution is 6.31. The van der Waals surface area contributed by atoms with Crippen LogP contribution in [0.5, 0.6) is 0 Å². The van der Waals surface area contributed by atoms with Crippen molar-refractivity contribution in [3.05, 3.63) is 52.2 Å². The van der Waals surface area contributed by atoms with E-state index in [1.807, 2.05) is 0 Å².